The molecular formula is C18H14Cl2O2S. The Balaban J connectivity index is 2.39. The summed E-state index contributed by atoms with van der Waals surface area (Å²) in [5.74, 6) is -0.154. The lowest BCUT2D eigenvalue weighted by Gasteiger charge is -2.09. The highest BCUT2D eigenvalue weighted by molar-refractivity contribution is 7.80. The van der Waals surface area contributed by atoms with Gasteiger partial charge in [-0.2, -0.15) is 0 Å². The number of rotatable bonds is 5. The average molecular weight is 365 g/mol. The van der Waals surface area contributed by atoms with E-state index in [0.29, 0.717) is 15.6 Å². The van der Waals surface area contributed by atoms with Gasteiger partial charge in [0, 0.05) is 22.0 Å². The van der Waals surface area contributed by atoms with Crippen LogP contribution in [-0.2, 0) is 16.0 Å². The van der Waals surface area contributed by atoms with Crippen molar-refractivity contribution in [2.24, 2.45) is 0 Å². The van der Waals surface area contributed by atoms with E-state index >= 15 is 0 Å². The van der Waals surface area contributed by atoms with Crippen molar-refractivity contribution >= 4 is 52.3 Å². The van der Waals surface area contributed by atoms with Gasteiger partial charge in [-0.05, 0) is 36.0 Å². The first-order valence-electron chi connectivity index (χ1n) is 6.84. The number of hydrogen-bond acceptors (Lipinski definition) is 3. The van der Waals surface area contributed by atoms with E-state index < -0.39 is 0 Å². The smallest absolute Gasteiger partial charge is 0.194 e. The number of thiocarbonyl (C=S) groups is 1. The van der Waals surface area contributed by atoms with Crippen LogP contribution in [0.15, 0.2) is 54.1 Å². The Hall–Kier alpha value is -1.68. The number of ether oxygens (including phenoxy) is 1. The molecule has 23 heavy (non-hydrogen) atoms. The van der Waals surface area contributed by atoms with Crippen LogP contribution < -0.4 is 0 Å². The van der Waals surface area contributed by atoms with Crippen molar-refractivity contribution in [1.82, 2.24) is 0 Å². The molecular weight excluding hydrogens is 351 g/mol. The third-order valence-electron chi connectivity index (χ3n) is 3.20. The van der Waals surface area contributed by atoms with Gasteiger partial charge < -0.3 is 4.74 Å². The Kier molecular flexibility index (Phi) is 6.34. The minimum atomic E-state index is -0.154. The molecule has 0 unspecified atom stereocenters. The summed E-state index contributed by atoms with van der Waals surface area (Å²) in [5.41, 5.74) is 1.72. The lowest BCUT2D eigenvalue weighted by atomic mass is 10.0. The maximum atomic E-state index is 12.6. The second-order valence-electron chi connectivity index (χ2n) is 4.77. The van der Waals surface area contributed by atoms with Crippen LogP contribution in [0.25, 0.3) is 6.08 Å². The Morgan fingerprint density at radius 1 is 1.09 bits per heavy atom. The fourth-order valence-corrected chi connectivity index (χ4v) is 2.71. The summed E-state index contributed by atoms with van der Waals surface area (Å²) >= 11 is 17.5. The number of benzene rings is 2. The fraction of sp³-hybridized carbons (Fsp3) is 0.111. The summed E-state index contributed by atoms with van der Waals surface area (Å²) in [6.07, 6.45) is 1.81. The first kappa shape index (κ1) is 17.7. The van der Waals surface area contributed by atoms with Crippen LogP contribution in [0.5, 0.6) is 0 Å². The zero-order valence-electron chi connectivity index (χ0n) is 12.4. The topological polar surface area (TPSA) is 26.3 Å². The number of methoxy groups -OCH3 is 1. The Labute approximate surface area is 150 Å². The minimum Gasteiger partial charge on any atom is -0.486 e. The first-order valence-corrected chi connectivity index (χ1v) is 8.00. The SMILES string of the molecule is COC(=S)C(=Cc1c(Cl)cccc1Cl)C(=O)Cc1ccccc1. The molecule has 0 radical (unpaired) electrons. The van der Waals surface area contributed by atoms with E-state index in [1.165, 1.54) is 7.11 Å². The van der Waals surface area contributed by atoms with Gasteiger partial charge in [-0.15, -0.1) is 0 Å². The van der Waals surface area contributed by atoms with E-state index in [-0.39, 0.29) is 22.8 Å². The summed E-state index contributed by atoms with van der Waals surface area (Å²) in [7, 11) is 1.43. The standard InChI is InChI=1S/C18H14Cl2O2S/c1-22-18(23)14(11-13-15(19)8-5-9-16(13)20)17(21)10-12-6-3-2-4-7-12/h2-9,11H,10H2,1H3. The van der Waals surface area contributed by atoms with Gasteiger partial charge in [0.2, 0.25) is 0 Å². The highest BCUT2D eigenvalue weighted by Gasteiger charge is 2.17. The number of halogens is 2. The number of hydrogen-bond donors (Lipinski definition) is 0. The highest BCUT2D eigenvalue weighted by Crippen LogP contribution is 2.27. The van der Waals surface area contributed by atoms with E-state index in [1.807, 2.05) is 30.3 Å². The molecule has 0 N–H and O–H groups in total. The van der Waals surface area contributed by atoms with Crippen molar-refractivity contribution in [3.05, 3.63) is 75.3 Å². The summed E-state index contributed by atoms with van der Waals surface area (Å²) in [6, 6.07) is 14.6. The fourth-order valence-electron chi connectivity index (χ4n) is 2.03. The van der Waals surface area contributed by atoms with Crippen LogP contribution in [-0.4, -0.2) is 17.9 Å². The van der Waals surface area contributed by atoms with Crippen LogP contribution in [0.3, 0.4) is 0 Å². The van der Waals surface area contributed by atoms with Gasteiger partial charge in [0.25, 0.3) is 0 Å². The summed E-state index contributed by atoms with van der Waals surface area (Å²) in [6.45, 7) is 0. The molecule has 2 rings (SSSR count). The normalized spacial score (nSPS) is 11.2. The Bertz CT molecular complexity index is 735. The second kappa shape index (κ2) is 8.25. The first-order chi connectivity index (χ1) is 11.0. The highest BCUT2D eigenvalue weighted by atomic mass is 35.5. The molecule has 2 aromatic rings. The van der Waals surface area contributed by atoms with Crippen molar-refractivity contribution in [3.63, 3.8) is 0 Å². The van der Waals surface area contributed by atoms with Crippen molar-refractivity contribution in [1.29, 1.82) is 0 Å². The lowest BCUT2D eigenvalue weighted by molar-refractivity contribution is -0.114. The summed E-state index contributed by atoms with van der Waals surface area (Å²) < 4.78 is 5.08. The third kappa shape index (κ3) is 4.64. The molecule has 5 heteroatoms. The molecule has 118 valence electrons. The number of carbonyl (C=O) groups excluding carboxylic acids is 1. The van der Waals surface area contributed by atoms with Crippen molar-refractivity contribution in [2.45, 2.75) is 6.42 Å². The van der Waals surface area contributed by atoms with Crippen LogP contribution in [0, 0.1) is 0 Å². The molecule has 0 bridgehead atoms. The molecule has 0 aliphatic carbocycles. The summed E-state index contributed by atoms with van der Waals surface area (Å²) in [4.78, 5) is 12.6. The molecule has 2 nitrogen and oxygen atoms in total. The Morgan fingerprint density at radius 2 is 1.70 bits per heavy atom. The van der Waals surface area contributed by atoms with Crippen LogP contribution in [0.2, 0.25) is 10.0 Å². The van der Waals surface area contributed by atoms with Gasteiger partial charge in [-0.1, -0.05) is 59.6 Å². The Morgan fingerprint density at radius 3 is 2.26 bits per heavy atom. The minimum absolute atomic E-state index is 0.113. The van der Waals surface area contributed by atoms with E-state index in [1.54, 1.807) is 24.3 Å². The quantitative estimate of drug-likeness (QED) is 0.541. The molecule has 0 aliphatic heterocycles. The predicted molar refractivity (Wildman–Crippen MR) is 99.2 cm³/mol. The van der Waals surface area contributed by atoms with E-state index in [4.69, 9.17) is 40.2 Å². The monoisotopic (exact) mass is 364 g/mol. The molecule has 0 fully saturated rings. The zero-order valence-corrected chi connectivity index (χ0v) is 14.7. The lowest BCUT2D eigenvalue weighted by Crippen LogP contribution is -2.15. The van der Waals surface area contributed by atoms with E-state index in [0.717, 1.165) is 5.56 Å². The van der Waals surface area contributed by atoms with Gasteiger partial charge in [0.15, 0.2) is 10.8 Å². The number of ketones is 1. The van der Waals surface area contributed by atoms with Crippen molar-refractivity contribution < 1.29 is 9.53 Å². The molecule has 2 aromatic carbocycles. The van der Waals surface area contributed by atoms with Gasteiger partial charge in [-0.3, -0.25) is 4.79 Å². The van der Waals surface area contributed by atoms with Crippen LogP contribution in [0.4, 0.5) is 0 Å². The number of Topliss-reactive ketones (excluding diaryl/α,β-unsaturated/α-hetero) is 1. The molecule has 0 atom stereocenters. The van der Waals surface area contributed by atoms with Gasteiger partial charge >= 0.3 is 0 Å². The predicted octanol–water partition coefficient (Wildman–Crippen LogP) is 5.16. The second-order valence-corrected chi connectivity index (χ2v) is 5.96. The molecule has 0 aromatic heterocycles. The van der Waals surface area contributed by atoms with Crippen LogP contribution >= 0.6 is 35.4 Å². The third-order valence-corrected chi connectivity index (χ3v) is 4.25. The van der Waals surface area contributed by atoms with Crippen molar-refractivity contribution in [3.8, 4) is 0 Å². The van der Waals surface area contributed by atoms with Crippen molar-refractivity contribution in [2.75, 3.05) is 7.11 Å². The molecule has 0 amide bonds. The average Bonchev–Trinajstić information content (AvgIpc) is 2.54. The zero-order chi connectivity index (χ0) is 16.8. The van der Waals surface area contributed by atoms with Gasteiger partial charge in [0.05, 0.1) is 12.7 Å². The summed E-state index contributed by atoms with van der Waals surface area (Å²) in [5, 5.41) is 1.00. The maximum Gasteiger partial charge on any atom is 0.194 e. The molecule has 0 aliphatic rings. The molecule has 0 spiro atoms. The molecule has 0 heterocycles. The number of carbonyl (C=O) groups is 1. The van der Waals surface area contributed by atoms with Crippen LogP contribution in [0.1, 0.15) is 11.1 Å². The molecule has 0 saturated carbocycles. The van der Waals surface area contributed by atoms with Gasteiger partial charge in [-0.25, -0.2) is 0 Å². The van der Waals surface area contributed by atoms with Gasteiger partial charge in [0.1, 0.15) is 0 Å². The van der Waals surface area contributed by atoms with E-state index in [2.05, 4.69) is 0 Å². The molecule has 0 saturated heterocycles. The maximum absolute atomic E-state index is 12.6. The van der Waals surface area contributed by atoms with E-state index in [9.17, 15) is 4.79 Å². The largest absolute Gasteiger partial charge is 0.486 e.